The zero-order chi connectivity index (χ0) is 18.7. The number of nitrogens with zero attached hydrogens (tertiary/aromatic N) is 1. The van der Waals surface area contributed by atoms with Crippen LogP contribution in [0.4, 0.5) is 5.69 Å². The molecule has 5 nitrogen and oxygen atoms in total. The number of carbonyl (C=O) groups is 2. The van der Waals surface area contributed by atoms with E-state index in [1.54, 1.807) is 29.2 Å². The number of anilines is 1. The molecule has 1 N–H and O–H groups in total. The standard InChI is InChI=1S/C20H18ClNO4/c1-2-26-15-8-6-13(7-9-15)10-14-11-22(12-18(23)24)19-16(20(14)25)4-3-5-17(19)21/h3-10H,2,11-12H2,1H3,(H,23,24)/b14-10+. The van der Waals surface area contributed by atoms with Crippen molar-refractivity contribution in [2.45, 2.75) is 6.92 Å². The van der Waals surface area contributed by atoms with Crippen molar-refractivity contribution < 1.29 is 19.4 Å². The molecule has 0 radical (unpaired) electrons. The van der Waals surface area contributed by atoms with E-state index in [4.69, 9.17) is 16.3 Å². The van der Waals surface area contributed by atoms with Crippen molar-refractivity contribution in [1.82, 2.24) is 0 Å². The molecule has 2 aromatic carbocycles. The topological polar surface area (TPSA) is 66.8 Å². The zero-order valence-corrected chi connectivity index (χ0v) is 15.0. The minimum Gasteiger partial charge on any atom is -0.494 e. The lowest BCUT2D eigenvalue weighted by Gasteiger charge is -2.31. The van der Waals surface area contributed by atoms with Crippen LogP contribution in [-0.2, 0) is 4.79 Å². The van der Waals surface area contributed by atoms with Crippen molar-refractivity contribution in [3.05, 3.63) is 64.2 Å². The van der Waals surface area contributed by atoms with Crippen LogP contribution in [0.2, 0.25) is 5.02 Å². The summed E-state index contributed by atoms with van der Waals surface area (Å²) in [5.74, 6) is -0.363. The number of Topliss-reactive ketones (excluding diaryl/α,β-unsaturated/α-hetero) is 1. The SMILES string of the molecule is CCOc1ccc(/C=C2\CN(CC(=O)O)c3c(Cl)cccc3C2=O)cc1. The molecule has 0 aliphatic carbocycles. The lowest BCUT2D eigenvalue weighted by atomic mass is 9.94. The summed E-state index contributed by atoms with van der Waals surface area (Å²) in [5.41, 5.74) is 2.26. The second-order valence-electron chi connectivity index (χ2n) is 5.89. The second kappa shape index (κ2) is 7.62. The first-order valence-corrected chi connectivity index (χ1v) is 8.60. The molecule has 1 aliphatic heterocycles. The monoisotopic (exact) mass is 371 g/mol. The molecule has 2 aromatic rings. The number of hydrogen-bond acceptors (Lipinski definition) is 4. The van der Waals surface area contributed by atoms with Gasteiger partial charge in [0.15, 0.2) is 5.78 Å². The van der Waals surface area contributed by atoms with E-state index >= 15 is 0 Å². The molecule has 0 spiro atoms. The summed E-state index contributed by atoms with van der Waals surface area (Å²) >= 11 is 6.22. The average molecular weight is 372 g/mol. The molecule has 6 heteroatoms. The molecule has 0 saturated carbocycles. The van der Waals surface area contributed by atoms with Crippen LogP contribution < -0.4 is 9.64 Å². The van der Waals surface area contributed by atoms with Crippen LogP contribution in [0.3, 0.4) is 0 Å². The van der Waals surface area contributed by atoms with Gasteiger partial charge in [0.2, 0.25) is 0 Å². The number of carboxylic acids is 1. The molecule has 26 heavy (non-hydrogen) atoms. The third kappa shape index (κ3) is 3.73. The molecular formula is C20H18ClNO4. The van der Waals surface area contributed by atoms with Crippen LogP contribution in [0.5, 0.6) is 5.75 Å². The van der Waals surface area contributed by atoms with E-state index in [9.17, 15) is 14.7 Å². The van der Waals surface area contributed by atoms with Gasteiger partial charge >= 0.3 is 5.97 Å². The Balaban J connectivity index is 1.98. The Labute approximate surface area is 156 Å². The van der Waals surface area contributed by atoms with Gasteiger partial charge in [0.25, 0.3) is 0 Å². The molecule has 3 rings (SSSR count). The van der Waals surface area contributed by atoms with E-state index in [0.717, 1.165) is 11.3 Å². The Bertz CT molecular complexity index is 874. The number of carbonyl (C=O) groups excluding carboxylic acids is 1. The van der Waals surface area contributed by atoms with Gasteiger partial charge < -0.3 is 14.7 Å². The predicted octanol–water partition coefficient (Wildman–Crippen LogP) is 3.91. The number of ketones is 1. The first kappa shape index (κ1) is 18.0. The van der Waals surface area contributed by atoms with Crippen molar-refractivity contribution in [1.29, 1.82) is 0 Å². The number of ether oxygens (including phenoxy) is 1. The number of benzene rings is 2. The van der Waals surface area contributed by atoms with Gasteiger partial charge in [-0.2, -0.15) is 0 Å². The Morgan fingerprint density at radius 3 is 2.65 bits per heavy atom. The number of carboxylic acid groups (broad SMARTS) is 1. The summed E-state index contributed by atoms with van der Waals surface area (Å²) in [4.78, 5) is 25.7. The van der Waals surface area contributed by atoms with Crippen LogP contribution in [0.25, 0.3) is 6.08 Å². The summed E-state index contributed by atoms with van der Waals surface area (Å²) in [7, 11) is 0. The maximum Gasteiger partial charge on any atom is 0.323 e. The first-order valence-electron chi connectivity index (χ1n) is 8.23. The molecule has 0 bridgehead atoms. The Hall–Kier alpha value is -2.79. The van der Waals surface area contributed by atoms with Crippen molar-refractivity contribution in [3.8, 4) is 5.75 Å². The van der Waals surface area contributed by atoms with Crippen LogP contribution >= 0.6 is 11.6 Å². The van der Waals surface area contributed by atoms with Crippen molar-refractivity contribution in [3.63, 3.8) is 0 Å². The van der Waals surface area contributed by atoms with Crippen LogP contribution in [0.1, 0.15) is 22.8 Å². The van der Waals surface area contributed by atoms with E-state index in [0.29, 0.717) is 28.5 Å². The van der Waals surface area contributed by atoms with E-state index < -0.39 is 5.97 Å². The Morgan fingerprint density at radius 2 is 2.00 bits per heavy atom. The van der Waals surface area contributed by atoms with Gasteiger partial charge in [-0.05, 0) is 42.8 Å². The average Bonchev–Trinajstić information content (AvgIpc) is 2.60. The highest BCUT2D eigenvalue weighted by Gasteiger charge is 2.30. The lowest BCUT2D eigenvalue weighted by molar-refractivity contribution is -0.135. The van der Waals surface area contributed by atoms with Gasteiger partial charge in [0.05, 0.1) is 17.3 Å². The Morgan fingerprint density at radius 1 is 1.27 bits per heavy atom. The molecule has 1 aliphatic rings. The van der Waals surface area contributed by atoms with Gasteiger partial charge in [0.1, 0.15) is 12.3 Å². The maximum absolute atomic E-state index is 12.8. The normalized spacial score (nSPS) is 15.1. The van der Waals surface area contributed by atoms with Crippen LogP contribution in [-0.4, -0.2) is 36.6 Å². The number of halogens is 1. The zero-order valence-electron chi connectivity index (χ0n) is 14.2. The minimum absolute atomic E-state index is 0.141. The molecule has 0 atom stereocenters. The predicted molar refractivity (Wildman–Crippen MR) is 101 cm³/mol. The fourth-order valence-corrected chi connectivity index (χ4v) is 3.28. The first-order chi connectivity index (χ1) is 12.5. The van der Waals surface area contributed by atoms with E-state index in [-0.39, 0.29) is 18.9 Å². The third-order valence-electron chi connectivity index (χ3n) is 4.06. The largest absolute Gasteiger partial charge is 0.494 e. The molecule has 0 saturated heterocycles. The molecule has 0 unspecified atom stereocenters. The Kier molecular flexibility index (Phi) is 5.28. The summed E-state index contributed by atoms with van der Waals surface area (Å²) in [6.07, 6.45) is 1.77. The number of para-hydroxylation sites is 1. The van der Waals surface area contributed by atoms with Gasteiger partial charge in [-0.3, -0.25) is 9.59 Å². The summed E-state index contributed by atoms with van der Waals surface area (Å²) in [5, 5.41) is 9.57. The quantitative estimate of drug-likeness (QED) is 0.807. The van der Waals surface area contributed by atoms with Gasteiger partial charge in [-0.15, -0.1) is 0 Å². The highest BCUT2D eigenvalue weighted by atomic mass is 35.5. The molecule has 0 aromatic heterocycles. The third-order valence-corrected chi connectivity index (χ3v) is 4.36. The minimum atomic E-state index is -0.981. The molecule has 134 valence electrons. The van der Waals surface area contributed by atoms with E-state index in [2.05, 4.69) is 0 Å². The van der Waals surface area contributed by atoms with Gasteiger partial charge in [-0.25, -0.2) is 0 Å². The molecule has 1 heterocycles. The van der Waals surface area contributed by atoms with E-state index in [1.165, 1.54) is 0 Å². The fourth-order valence-electron chi connectivity index (χ4n) is 2.99. The number of hydrogen-bond donors (Lipinski definition) is 1. The number of rotatable bonds is 5. The van der Waals surface area contributed by atoms with Crippen molar-refractivity contribution >= 4 is 35.1 Å². The van der Waals surface area contributed by atoms with Crippen molar-refractivity contribution in [2.75, 3.05) is 24.6 Å². The summed E-state index contributed by atoms with van der Waals surface area (Å²) in [6, 6.07) is 12.4. The molecule has 0 amide bonds. The van der Waals surface area contributed by atoms with Gasteiger partial charge in [-0.1, -0.05) is 29.8 Å². The smallest absolute Gasteiger partial charge is 0.323 e. The van der Waals surface area contributed by atoms with E-state index in [1.807, 2.05) is 31.2 Å². The highest BCUT2D eigenvalue weighted by molar-refractivity contribution is 6.35. The summed E-state index contributed by atoms with van der Waals surface area (Å²) in [6.45, 7) is 2.45. The van der Waals surface area contributed by atoms with Crippen LogP contribution in [0, 0.1) is 0 Å². The fraction of sp³-hybridized carbons (Fsp3) is 0.200. The number of aliphatic carboxylic acids is 1. The van der Waals surface area contributed by atoms with Crippen molar-refractivity contribution in [2.24, 2.45) is 0 Å². The van der Waals surface area contributed by atoms with Gasteiger partial charge in [0, 0.05) is 17.7 Å². The highest BCUT2D eigenvalue weighted by Crippen LogP contribution is 2.36. The second-order valence-corrected chi connectivity index (χ2v) is 6.29. The number of fused-ring (bicyclic) bond motifs is 1. The molecule has 0 fully saturated rings. The summed E-state index contributed by atoms with van der Waals surface area (Å²) < 4.78 is 5.42. The molecular weight excluding hydrogens is 354 g/mol. The van der Waals surface area contributed by atoms with Crippen LogP contribution in [0.15, 0.2) is 48.0 Å². The maximum atomic E-state index is 12.8. The lowest BCUT2D eigenvalue weighted by Crippen LogP contribution is -2.38.